The first kappa shape index (κ1) is 13.2. The Labute approximate surface area is 111 Å². The maximum Gasteiger partial charge on any atom is 0.377 e. The van der Waals surface area contributed by atoms with Gasteiger partial charge in [-0.3, -0.25) is 0 Å². The minimum Gasteiger partial charge on any atom is -0.463 e. The van der Waals surface area contributed by atoms with Crippen molar-refractivity contribution < 1.29 is 9.53 Å². The zero-order chi connectivity index (χ0) is 13.8. The molecular weight excluding hydrogens is 244 g/mol. The van der Waals surface area contributed by atoms with Crippen molar-refractivity contribution in [2.75, 3.05) is 7.11 Å². The van der Waals surface area contributed by atoms with Crippen molar-refractivity contribution in [1.82, 2.24) is 14.8 Å². The van der Waals surface area contributed by atoms with Crippen LogP contribution in [0.4, 0.5) is 0 Å². The van der Waals surface area contributed by atoms with E-state index in [1.165, 1.54) is 18.1 Å². The Balaban J connectivity index is 2.42. The lowest BCUT2D eigenvalue weighted by molar-refractivity contribution is 0.0587. The average molecular weight is 260 g/mol. The number of para-hydroxylation sites is 1. The normalized spacial score (nSPS) is 12.2. The monoisotopic (exact) mass is 260 g/mol. The second-order valence-electron chi connectivity index (χ2n) is 4.08. The lowest BCUT2D eigenvalue weighted by atomic mass is 10.0. The Morgan fingerprint density at radius 1 is 1.47 bits per heavy atom. The van der Waals surface area contributed by atoms with E-state index in [-0.39, 0.29) is 11.9 Å². The van der Waals surface area contributed by atoms with Crippen molar-refractivity contribution in [3.63, 3.8) is 0 Å². The van der Waals surface area contributed by atoms with E-state index in [1.54, 1.807) is 0 Å². The van der Waals surface area contributed by atoms with Gasteiger partial charge in [-0.25, -0.2) is 14.5 Å². The summed E-state index contributed by atoms with van der Waals surface area (Å²) in [5.41, 5.74) is 7.86. The molecule has 1 aromatic heterocycles. The van der Waals surface area contributed by atoms with Gasteiger partial charge in [0.2, 0.25) is 0 Å². The molecule has 0 aliphatic carbocycles. The van der Waals surface area contributed by atoms with Crippen LogP contribution in [-0.4, -0.2) is 27.8 Å². The van der Waals surface area contributed by atoms with E-state index in [1.807, 2.05) is 31.2 Å². The predicted octanol–water partition coefficient (Wildman–Crippen LogP) is 1.46. The second kappa shape index (κ2) is 5.62. The second-order valence-corrected chi connectivity index (χ2v) is 4.08. The molecule has 100 valence electrons. The number of rotatable bonds is 4. The van der Waals surface area contributed by atoms with Crippen LogP contribution < -0.4 is 5.73 Å². The Morgan fingerprint density at radius 2 is 2.21 bits per heavy atom. The maximum absolute atomic E-state index is 11.3. The molecule has 2 aromatic rings. The Hall–Kier alpha value is -2.21. The topological polar surface area (TPSA) is 83.0 Å². The Kier molecular flexibility index (Phi) is 3.91. The van der Waals surface area contributed by atoms with Gasteiger partial charge in [-0.2, -0.15) is 0 Å². The summed E-state index contributed by atoms with van der Waals surface area (Å²) in [7, 11) is 1.30. The Morgan fingerprint density at radius 3 is 2.89 bits per heavy atom. The van der Waals surface area contributed by atoms with Gasteiger partial charge in [0.1, 0.15) is 6.33 Å². The van der Waals surface area contributed by atoms with Crippen molar-refractivity contribution in [2.24, 2.45) is 5.73 Å². The lowest BCUT2D eigenvalue weighted by Gasteiger charge is -2.14. The van der Waals surface area contributed by atoms with Crippen LogP contribution in [0.5, 0.6) is 0 Å². The number of carbonyl (C=O) groups is 1. The number of benzene rings is 1. The number of hydrogen-bond donors (Lipinski definition) is 1. The van der Waals surface area contributed by atoms with E-state index in [9.17, 15) is 4.79 Å². The molecule has 0 amide bonds. The SMILES string of the molecule is CCC(N)c1ccccc1-n1cnc(C(=O)OC)n1. The summed E-state index contributed by atoms with van der Waals surface area (Å²) in [5, 5.41) is 4.10. The molecular formula is C13H16N4O2. The van der Waals surface area contributed by atoms with Gasteiger partial charge < -0.3 is 10.5 Å². The van der Waals surface area contributed by atoms with Crippen LogP contribution in [0.25, 0.3) is 5.69 Å². The summed E-state index contributed by atoms with van der Waals surface area (Å²) in [6.45, 7) is 2.02. The number of carbonyl (C=O) groups excluding carboxylic acids is 1. The fraction of sp³-hybridized carbons (Fsp3) is 0.308. The minimum absolute atomic E-state index is 0.0300. The molecule has 0 spiro atoms. The highest BCUT2D eigenvalue weighted by molar-refractivity contribution is 5.84. The molecule has 0 saturated heterocycles. The van der Waals surface area contributed by atoms with Crippen LogP contribution in [-0.2, 0) is 4.74 Å². The van der Waals surface area contributed by atoms with Crippen molar-refractivity contribution in [3.05, 3.63) is 42.0 Å². The highest BCUT2D eigenvalue weighted by atomic mass is 16.5. The van der Waals surface area contributed by atoms with Gasteiger partial charge in [-0.1, -0.05) is 25.1 Å². The third kappa shape index (κ3) is 2.63. The highest BCUT2D eigenvalue weighted by Gasteiger charge is 2.15. The summed E-state index contributed by atoms with van der Waals surface area (Å²) in [6, 6.07) is 7.57. The quantitative estimate of drug-likeness (QED) is 0.841. The lowest BCUT2D eigenvalue weighted by Crippen LogP contribution is -2.13. The van der Waals surface area contributed by atoms with Crippen LogP contribution in [0.15, 0.2) is 30.6 Å². The first-order valence-electron chi connectivity index (χ1n) is 6.02. The molecule has 0 fully saturated rings. The van der Waals surface area contributed by atoms with E-state index in [4.69, 9.17) is 5.73 Å². The number of nitrogens with zero attached hydrogens (tertiary/aromatic N) is 3. The van der Waals surface area contributed by atoms with Crippen molar-refractivity contribution in [1.29, 1.82) is 0 Å². The summed E-state index contributed by atoms with van der Waals surface area (Å²) in [6.07, 6.45) is 2.29. The average Bonchev–Trinajstić information content (AvgIpc) is 2.95. The number of hydrogen-bond acceptors (Lipinski definition) is 5. The smallest absolute Gasteiger partial charge is 0.377 e. The summed E-state index contributed by atoms with van der Waals surface area (Å²) in [5.74, 6) is -0.529. The van der Waals surface area contributed by atoms with Crippen LogP contribution in [0, 0.1) is 0 Å². The zero-order valence-electron chi connectivity index (χ0n) is 10.9. The predicted molar refractivity (Wildman–Crippen MR) is 69.9 cm³/mol. The molecule has 1 unspecified atom stereocenters. The number of nitrogens with two attached hydrogens (primary N) is 1. The largest absolute Gasteiger partial charge is 0.463 e. The van der Waals surface area contributed by atoms with Crippen LogP contribution >= 0.6 is 0 Å². The molecule has 0 radical (unpaired) electrons. The van der Waals surface area contributed by atoms with Gasteiger partial charge in [0.05, 0.1) is 12.8 Å². The van der Waals surface area contributed by atoms with E-state index in [0.29, 0.717) is 0 Å². The summed E-state index contributed by atoms with van der Waals surface area (Å²) in [4.78, 5) is 15.3. The summed E-state index contributed by atoms with van der Waals surface area (Å²) < 4.78 is 6.12. The van der Waals surface area contributed by atoms with E-state index >= 15 is 0 Å². The number of esters is 1. The Bertz CT molecular complexity index is 580. The van der Waals surface area contributed by atoms with Crippen molar-refractivity contribution in [3.8, 4) is 5.69 Å². The number of methoxy groups -OCH3 is 1. The van der Waals surface area contributed by atoms with E-state index < -0.39 is 5.97 Å². The third-order valence-electron chi connectivity index (χ3n) is 2.88. The van der Waals surface area contributed by atoms with Gasteiger partial charge in [-0.05, 0) is 18.1 Å². The fourth-order valence-corrected chi connectivity index (χ4v) is 1.79. The molecule has 2 rings (SSSR count). The molecule has 19 heavy (non-hydrogen) atoms. The van der Waals surface area contributed by atoms with Gasteiger partial charge in [-0.15, -0.1) is 5.10 Å². The minimum atomic E-state index is -0.559. The third-order valence-corrected chi connectivity index (χ3v) is 2.88. The van der Waals surface area contributed by atoms with E-state index in [0.717, 1.165) is 17.7 Å². The van der Waals surface area contributed by atoms with E-state index in [2.05, 4.69) is 14.8 Å². The molecule has 0 aliphatic rings. The molecule has 6 nitrogen and oxygen atoms in total. The number of aromatic nitrogens is 3. The molecule has 0 saturated carbocycles. The molecule has 1 atom stereocenters. The molecule has 1 aromatic carbocycles. The first-order chi connectivity index (χ1) is 9.17. The van der Waals surface area contributed by atoms with Gasteiger partial charge in [0.15, 0.2) is 0 Å². The van der Waals surface area contributed by atoms with Crippen molar-refractivity contribution >= 4 is 5.97 Å². The van der Waals surface area contributed by atoms with Gasteiger partial charge >= 0.3 is 5.97 Å². The van der Waals surface area contributed by atoms with Crippen LogP contribution in [0.2, 0.25) is 0 Å². The first-order valence-corrected chi connectivity index (χ1v) is 6.02. The van der Waals surface area contributed by atoms with Gasteiger partial charge in [0, 0.05) is 6.04 Å². The maximum atomic E-state index is 11.3. The summed E-state index contributed by atoms with van der Waals surface area (Å²) >= 11 is 0. The molecule has 0 bridgehead atoms. The van der Waals surface area contributed by atoms with Crippen LogP contribution in [0.1, 0.15) is 35.6 Å². The molecule has 6 heteroatoms. The molecule has 1 heterocycles. The van der Waals surface area contributed by atoms with Gasteiger partial charge in [0.25, 0.3) is 5.82 Å². The van der Waals surface area contributed by atoms with Crippen molar-refractivity contribution in [2.45, 2.75) is 19.4 Å². The standard InChI is InChI=1S/C13H16N4O2/c1-3-10(14)9-6-4-5-7-11(9)17-8-15-12(16-17)13(18)19-2/h4-8,10H,3,14H2,1-2H3. The number of ether oxygens (including phenoxy) is 1. The molecule has 0 aliphatic heterocycles. The zero-order valence-corrected chi connectivity index (χ0v) is 10.9. The molecule has 2 N–H and O–H groups in total. The highest BCUT2D eigenvalue weighted by Crippen LogP contribution is 2.21. The fourth-order valence-electron chi connectivity index (χ4n) is 1.79. The van der Waals surface area contributed by atoms with Crippen LogP contribution in [0.3, 0.4) is 0 Å².